The summed E-state index contributed by atoms with van der Waals surface area (Å²) in [6.45, 7) is 0.954. The third kappa shape index (κ3) is 4.07. The lowest BCUT2D eigenvalue weighted by molar-refractivity contribution is 0.0946. The van der Waals surface area contributed by atoms with Crippen molar-refractivity contribution < 1.29 is 14.6 Å². The van der Waals surface area contributed by atoms with Crippen molar-refractivity contribution in [3.05, 3.63) is 24.2 Å². The Balaban J connectivity index is 2.02. The summed E-state index contributed by atoms with van der Waals surface area (Å²) < 4.78 is 5.11. The topological polar surface area (TPSA) is 65.6 Å². The van der Waals surface area contributed by atoms with Gasteiger partial charge in [-0.1, -0.05) is 0 Å². The number of aliphatic hydroxyl groups is 2. The molecule has 0 spiro atoms. The summed E-state index contributed by atoms with van der Waals surface area (Å²) in [5, 5.41) is 20.5. The molecule has 0 fully saturated rings. The van der Waals surface area contributed by atoms with E-state index < -0.39 is 6.10 Å². The van der Waals surface area contributed by atoms with Crippen LogP contribution in [0.2, 0.25) is 0 Å². The molecule has 4 heteroatoms. The van der Waals surface area contributed by atoms with E-state index in [1.165, 1.54) is 0 Å². The molecule has 0 aliphatic rings. The van der Waals surface area contributed by atoms with Gasteiger partial charge in [-0.25, -0.2) is 0 Å². The van der Waals surface area contributed by atoms with Gasteiger partial charge in [0, 0.05) is 19.5 Å². The molecule has 1 heterocycles. The molecule has 0 unspecified atom stereocenters. The fourth-order valence-corrected chi connectivity index (χ4v) is 1.000. The Labute approximate surface area is 77.2 Å². The number of aliphatic hydroxyl groups excluding tert-OH is 2. The average molecular weight is 185 g/mol. The monoisotopic (exact) mass is 185 g/mol. The third-order valence-electron chi connectivity index (χ3n) is 1.72. The smallest absolute Gasteiger partial charge is 0.105 e. The summed E-state index contributed by atoms with van der Waals surface area (Å²) in [6.07, 6.45) is 1.76. The molecule has 1 atom stereocenters. The van der Waals surface area contributed by atoms with Gasteiger partial charge in [0.25, 0.3) is 0 Å². The summed E-state index contributed by atoms with van der Waals surface area (Å²) in [4.78, 5) is 0. The van der Waals surface area contributed by atoms with Gasteiger partial charge in [0.05, 0.1) is 19.0 Å². The lowest BCUT2D eigenvalue weighted by atomic mass is 10.3. The number of hydrogen-bond acceptors (Lipinski definition) is 4. The van der Waals surface area contributed by atoms with Crippen LogP contribution >= 0.6 is 0 Å². The van der Waals surface area contributed by atoms with Crippen LogP contribution in [0.3, 0.4) is 0 Å². The zero-order valence-corrected chi connectivity index (χ0v) is 7.44. The summed E-state index contributed by atoms with van der Waals surface area (Å²) in [6, 6.07) is 3.75. The van der Waals surface area contributed by atoms with Crippen molar-refractivity contribution in [1.29, 1.82) is 0 Å². The number of nitrogens with one attached hydrogen (secondary N) is 1. The second-order valence-corrected chi connectivity index (χ2v) is 2.87. The Morgan fingerprint density at radius 2 is 2.38 bits per heavy atom. The fraction of sp³-hybridized carbons (Fsp3) is 0.556. The van der Waals surface area contributed by atoms with E-state index in [0.717, 1.165) is 18.7 Å². The van der Waals surface area contributed by atoms with Crippen molar-refractivity contribution in [2.24, 2.45) is 0 Å². The van der Waals surface area contributed by atoms with Crippen LogP contribution in [0.5, 0.6) is 0 Å². The molecule has 0 radical (unpaired) electrons. The molecule has 0 amide bonds. The van der Waals surface area contributed by atoms with Crippen LogP contribution in [0.25, 0.3) is 0 Å². The minimum Gasteiger partial charge on any atom is -0.469 e. The molecule has 0 bridgehead atoms. The SMILES string of the molecule is OC[C@@H](O)CNCCc1ccco1. The first-order chi connectivity index (χ1) is 6.33. The van der Waals surface area contributed by atoms with Gasteiger partial charge in [-0.2, -0.15) is 0 Å². The molecule has 0 aromatic carbocycles. The number of hydrogen-bond donors (Lipinski definition) is 3. The first-order valence-electron chi connectivity index (χ1n) is 4.35. The lowest BCUT2D eigenvalue weighted by Gasteiger charge is -2.07. The quantitative estimate of drug-likeness (QED) is 0.535. The molecule has 0 aliphatic carbocycles. The van der Waals surface area contributed by atoms with E-state index >= 15 is 0 Å². The molecule has 1 aromatic rings. The second kappa shape index (κ2) is 5.75. The summed E-state index contributed by atoms with van der Waals surface area (Å²) in [7, 11) is 0. The van der Waals surface area contributed by atoms with E-state index in [1.807, 2.05) is 12.1 Å². The van der Waals surface area contributed by atoms with Gasteiger partial charge in [0.1, 0.15) is 5.76 Å². The van der Waals surface area contributed by atoms with E-state index in [0.29, 0.717) is 6.54 Å². The van der Waals surface area contributed by atoms with E-state index in [1.54, 1.807) is 6.26 Å². The fourth-order valence-electron chi connectivity index (χ4n) is 1.000. The predicted octanol–water partition coefficient (Wildman–Crippen LogP) is -0.235. The largest absolute Gasteiger partial charge is 0.469 e. The Morgan fingerprint density at radius 3 is 3.00 bits per heavy atom. The maximum atomic E-state index is 8.98. The Kier molecular flexibility index (Phi) is 4.53. The van der Waals surface area contributed by atoms with Crippen molar-refractivity contribution in [3.63, 3.8) is 0 Å². The molecule has 0 saturated carbocycles. The lowest BCUT2D eigenvalue weighted by Crippen LogP contribution is -2.30. The molecule has 4 nitrogen and oxygen atoms in total. The van der Waals surface area contributed by atoms with Crippen LogP contribution in [0, 0.1) is 0 Å². The maximum Gasteiger partial charge on any atom is 0.105 e. The van der Waals surface area contributed by atoms with Crippen LogP contribution < -0.4 is 5.32 Å². The van der Waals surface area contributed by atoms with Gasteiger partial charge in [-0.15, -0.1) is 0 Å². The van der Waals surface area contributed by atoms with Crippen molar-refractivity contribution in [1.82, 2.24) is 5.32 Å². The van der Waals surface area contributed by atoms with E-state index in [9.17, 15) is 0 Å². The summed E-state index contributed by atoms with van der Waals surface area (Å²) in [5.41, 5.74) is 0. The van der Waals surface area contributed by atoms with Crippen molar-refractivity contribution in [2.45, 2.75) is 12.5 Å². The van der Waals surface area contributed by atoms with Gasteiger partial charge in [-0.3, -0.25) is 0 Å². The van der Waals surface area contributed by atoms with Crippen molar-refractivity contribution in [3.8, 4) is 0 Å². The van der Waals surface area contributed by atoms with E-state index in [4.69, 9.17) is 14.6 Å². The predicted molar refractivity (Wildman–Crippen MR) is 48.4 cm³/mol. The highest BCUT2D eigenvalue weighted by atomic mass is 16.3. The van der Waals surface area contributed by atoms with Crippen LogP contribution in [-0.2, 0) is 6.42 Å². The molecule has 1 rings (SSSR count). The van der Waals surface area contributed by atoms with Crippen LogP contribution in [0.1, 0.15) is 5.76 Å². The molecule has 13 heavy (non-hydrogen) atoms. The van der Waals surface area contributed by atoms with Gasteiger partial charge < -0.3 is 19.9 Å². The molecule has 1 aromatic heterocycles. The first-order valence-corrected chi connectivity index (χ1v) is 4.35. The van der Waals surface area contributed by atoms with Gasteiger partial charge in [-0.05, 0) is 12.1 Å². The average Bonchev–Trinajstić information content (AvgIpc) is 2.64. The second-order valence-electron chi connectivity index (χ2n) is 2.87. The Morgan fingerprint density at radius 1 is 1.54 bits per heavy atom. The Hall–Kier alpha value is -0.840. The minimum absolute atomic E-state index is 0.201. The normalized spacial score (nSPS) is 13.1. The molecule has 74 valence electrons. The molecular weight excluding hydrogens is 170 g/mol. The molecular formula is C9H15NO3. The Bertz CT molecular complexity index is 211. The molecule has 0 aliphatic heterocycles. The number of rotatable bonds is 6. The zero-order valence-electron chi connectivity index (χ0n) is 7.44. The molecule has 0 saturated heterocycles. The van der Waals surface area contributed by atoms with Gasteiger partial charge >= 0.3 is 0 Å². The third-order valence-corrected chi connectivity index (χ3v) is 1.72. The molecule has 3 N–H and O–H groups in total. The van der Waals surface area contributed by atoms with Crippen LogP contribution in [0.4, 0.5) is 0 Å². The van der Waals surface area contributed by atoms with Crippen molar-refractivity contribution >= 4 is 0 Å². The minimum atomic E-state index is -0.670. The van der Waals surface area contributed by atoms with Crippen LogP contribution in [-0.4, -0.2) is 36.0 Å². The van der Waals surface area contributed by atoms with Crippen LogP contribution in [0.15, 0.2) is 22.8 Å². The first kappa shape index (κ1) is 10.2. The standard InChI is InChI=1S/C9H15NO3/c11-7-8(12)6-10-4-3-9-2-1-5-13-9/h1-2,5,8,10-12H,3-4,6-7H2/t8-/m0/s1. The van der Waals surface area contributed by atoms with Gasteiger partial charge in [0.15, 0.2) is 0 Å². The highest BCUT2D eigenvalue weighted by Crippen LogP contribution is 1.99. The summed E-state index contributed by atoms with van der Waals surface area (Å²) in [5.74, 6) is 0.922. The number of furan rings is 1. The zero-order chi connectivity index (χ0) is 9.52. The maximum absolute atomic E-state index is 8.98. The summed E-state index contributed by atoms with van der Waals surface area (Å²) >= 11 is 0. The van der Waals surface area contributed by atoms with E-state index in [2.05, 4.69) is 5.32 Å². The highest BCUT2D eigenvalue weighted by molar-refractivity contribution is 4.98. The highest BCUT2D eigenvalue weighted by Gasteiger charge is 2.00. The van der Waals surface area contributed by atoms with Crippen molar-refractivity contribution in [2.75, 3.05) is 19.7 Å². The van der Waals surface area contributed by atoms with E-state index in [-0.39, 0.29) is 6.61 Å². The van der Waals surface area contributed by atoms with Gasteiger partial charge in [0.2, 0.25) is 0 Å².